The van der Waals surface area contributed by atoms with Crippen molar-refractivity contribution in [3.63, 3.8) is 0 Å². The van der Waals surface area contributed by atoms with Crippen molar-refractivity contribution in [2.45, 2.75) is 19.9 Å². The second kappa shape index (κ2) is 7.39. The van der Waals surface area contributed by atoms with Crippen molar-refractivity contribution >= 4 is 17.5 Å². The molecule has 0 spiro atoms. The zero-order valence-corrected chi connectivity index (χ0v) is 15.6. The normalized spacial score (nSPS) is 16.9. The first-order chi connectivity index (χ1) is 13.1. The van der Waals surface area contributed by atoms with Gasteiger partial charge < -0.3 is 14.7 Å². The molecule has 6 heteroatoms. The number of aromatic nitrogens is 1. The van der Waals surface area contributed by atoms with Crippen LogP contribution >= 0.6 is 0 Å². The van der Waals surface area contributed by atoms with Crippen LogP contribution in [0.15, 0.2) is 42.6 Å². The van der Waals surface area contributed by atoms with Gasteiger partial charge in [0.15, 0.2) is 0 Å². The molecule has 1 aromatic heterocycles. The molecule has 6 nitrogen and oxygen atoms in total. The predicted octanol–water partition coefficient (Wildman–Crippen LogP) is 1.95. The highest BCUT2D eigenvalue weighted by molar-refractivity contribution is 5.93. The number of carbonyl (C=O) groups is 2. The summed E-state index contributed by atoms with van der Waals surface area (Å²) in [5.41, 5.74) is 4.02. The number of piperazine rings is 1. The van der Waals surface area contributed by atoms with E-state index in [1.807, 2.05) is 34.1 Å². The van der Waals surface area contributed by atoms with Crippen molar-refractivity contribution < 1.29 is 9.59 Å². The van der Waals surface area contributed by atoms with Crippen LogP contribution < -0.4 is 4.90 Å². The molecule has 1 saturated heterocycles. The van der Waals surface area contributed by atoms with Gasteiger partial charge in [0.25, 0.3) is 5.91 Å². The number of hydrogen-bond acceptors (Lipinski definition) is 4. The van der Waals surface area contributed by atoms with Crippen LogP contribution in [0.5, 0.6) is 0 Å². The predicted molar refractivity (Wildman–Crippen MR) is 104 cm³/mol. The minimum absolute atomic E-state index is 0.0197. The Labute approximate surface area is 159 Å². The van der Waals surface area contributed by atoms with E-state index in [0.29, 0.717) is 25.3 Å². The lowest BCUT2D eigenvalue weighted by Gasteiger charge is -2.35. The number of carbonyl (C=O) groups excluding carboxylic acids is 2. The second-order valence-corrected chi connectivity index (χ2v) is 7.14. The van der Waals surface area contributed by atoms with Crippen LogP contribution in [0, 0.1) is 0 Å². The van der Waals surface area contributed by atoms with Crippen LogP contribution in [0.25, 0.3) is 0 Å². The fourth-order valence-corrected chi connectivity index (χ4v) is 3.84. The maximum absolute atomic E-state index is 13.0. The van der Waals surface area contributed by atoms with Crippen molar-refractivity contribution in [1.82, 2.24) is 14.8 Å². The molecule has 0 unspecified atom stereocenters. The number of rotatable bonds is 2. The van der Waals surface area contributed by atoms with E-state index in [9.17, 15) is 9.59 Å². The smallest absolute Gasteiger partial charge is 0.272 e. The Morgan fingerprint density at radius 3 is 2.41 bits per heavy atom. The third-order valence-electron chi connectivity index (χ3n) is 5.47. The molecule has 140 valence electrons. The van der Waals surface area contributed by atoms with Gasteiger partial charge in [-0.25, -0.2) is 0 Å². The molecule has 0 aliphatic carbocycles. The van der Waals surface area contributed by atoms with E-state index < -0.39 is 0 Å². The maximum atomic E-state index is 13.0. The fraction of sp³-hybridized carbons (Fsp3) is 0.381. The number of benzene rings is 1. The second-order valence-electron chi connectivity index (χ2n) is 7.14. The van der Waals surface area contributed by atoms with Gasteiger partial charge in [0, 0.05) is 58.1 Å². The largest absolute Gasteiger partial charge is 0.368 e. The molecule has 0 saturated carbocycles. The first-order valence-corrected chi connectivity index (χ1v) is 9.44. The van der Waals surface area contributed by atoms with E-state index >= 15 is 0 Å². The highest BCUT2D eigenvalue weighted by Gasteiger charge is 2.24. The lowest BCUT2D eigenvalue weighted by Crippen LogP contribution is -2.48. The van der Waals surface area contributed by atoms with Gasteiger partial charge in [-0.05, 0) is 29.7 Å². The lowest BCUT2D eigenvalue weighted by atomic mass is 10.00. The molecule has 2 aliphatic rings. The van der Waals surface area contributed by atoms with Crippen LogP contribution in [0.2, 0.25) is 0 Å². The van der Waals surface area contributed by atoms with Crippen molar-refractivity contribution in [3.05, 3.63) is 59.4 Å². The van der Waals surface area contributed by atoms with Crippen LogP contribution in [-0.2, 0) is 17.8 Å². The highest BCUT2D eigenvalue weighted by atomic mass is 16.2. The van der Waals surface area contributed by atoms with E-state index in [4.69, 9.17) is 0 Å². The number of nitrogens with zero attached hydrogens (tertiary/aromatic N) is 4. The number of amides is 2. The highest BCUT2D eigenvalue weighted by Crippen LogP contribution is 2.22. The maximum Gasteiger partial charge on any atom is 0.272 e. The Hall–Kier alpha value is -2.89. The summed E-state index contributed by atoms with van der Waals surface area (Å²) in [5.74, 6) is 0.0966. The summed E-state index contributed by atoms with van der Waals surface area (Å²) < 4.78 is 0. The molecule has 2 amide bonds. The van der Waals surface area contributed by atoms with Crippen LogP contribution in [0.4, 0.5) is 5.69 Å². The average molecular weight is 364 g/mol. The molecule has 1 fully saturated rings. The zero-order chi connectivity index (χ0) is 18.8. The third kappa shape index (κ3) is 3.65. The van der Waals surface area contributed by atoms with Gasteiger partial charge in [0.05, 0.1) is 0 Å². The Morgan fingerprint density at radius 1 is 0.926 bits per heavy atom. The van der Waals surface area contributed by atoms with Crippen molar-refractivity contribution in [1.29, 1.82) is 0 Å². The van der Waals surface area contributed by atoms with E-state index in [2.05, 4.69) is 22.0 Å². The van der Waals surface area contributed by atoms with Gasteiger partial charge >= 0.3 is 0 Å². The lowest BCUT2D eigenvalue weighted by molar-refractivity contribution is -0.129. The minimum atomic E-state index is -0.0197. The van der Waals surface area contributed by atoms with Gasteiger partial charge in [0.2, 0.25) is 5.91 Å². The van der Waals surface area contributed by atoms with Crippen molar-refractivity contribution in [3.8, 4) is 0 Å². The minimum Gasteiger partial charge on any atom is -0.368 e. The summed E-state index contributed by atoms with van der Waals surface area (Å²) in [4.78, 5) is 34.7. The number of hydrogen-bond donors (Lipinski definition) is 0. The number of pyridine rings is 1. The standard InChI is InChI=1S/C21H24N4O2/c1-16(26)23-10-12-24(13-11-23)19-6-8-22-20(14-19)21(27)25-9-7-17-4-2-3-5-18(17)15-25/h2-6,8,14H,7,9-13,15H2,1H3. The summed E-state index contributed by atoms with van der Waals surface area (Å²) in [5, 5.41) is 0. The van der Waals surface area contributed by atoms with E-state index in [1.165, 1.54) is 11.1 Å². The number of anilines is 1. The van der Waals surface area contributed by atoms with Gasteiger partial charge in [-0.2, -0.15) is 0 Å². The molecule has 2 aliphatic heterocycles. The fourth-order valence-electron chi connectivity index (χ4n) is 3.84. The topological polar surface area (TPSA) is 56.8 Å². The summed E-state index contributed by atoms with van der Waals surface area (Å²) in [6, 6.07) is 12.1. The van der Waals surface area contributed by atoms with Crippen LogP contribution in [0.3, 0.4) is 0 Å². The Morgan fingerprint density at radius 2 is 1.67 bits per heavy atom. The quantitative estimate of drug-likeness (QED) is 0.817. The zero-order valence-electron chi connectivity index (χ0n) is 15.6. The molecule has 2 aromatic rings. The molecular formula is C21H24N4O2. The van der Waals surface area contributed by atoms with Crippen LogP contribution in [-0.4, -0.2) is 59.3 Å². The van der Waals surface area contributed by atoms with Gasteiger partial charge in [0.1, 0.15) is 5.69 Å². The summed E-state index contributed by atoms with van der Waals surface area (Å²) >= 11 is 0. The van der Waals surface area contributed by atoms with E-state index in [0.717, 1.165) is 31.7 Å². The Bertz CT molecular complexity index is 859. The molecule has 3 heterocycles. The van der Waals surface area contributed by atoms with Crippen LogP contribution in [0.1, 0.15) is 28.5 Å². The first-order valence-electron chi connectivity index (χ1n) is 9.44. The molecule has 1 aromatic carbocycles. The monoisotopic (exact) mass is 364 g/mol. The number of fused-ring (bicyclic) bond motifs is 1. The van der Waals surface area contributed by atoms with E-state index in [1.54, 1.807) is 13.1 Å². The average Bonchev–Trinajstić information content (AvgIpc) is 2.73. The first kappa shape index (κ1) is 17.5. The molecule has 27 heavy (non-hydrogen) atoms. The Kier molecular flexibility index (Phi) is 4.79. The molecule has 4 rings (SSSR count). The summed E-state index contributed by atoms with van der Waals surface area (Å²) in [6.45, 7) is 5.93. The Balaban J connectivity index is 1.47. The van der Waals surface area contributed by atoms with Gasteiger partial charge in [-0.15, -0.1) is 0 Å². The SMILES string of the molecule is CC(=O)N1CCN(c2ccnc(C(=O)N3CCc4ccccc4C3)c2)CC1. The van der Waals surface area contributed by atoms with Gasteiger partial charge in [-0.3, -0.25) is 14.6 Å². The van der Waals surface area contributed by atoms with Crippen molar-refractivity contribution in [2.75, 3.05) is 37.6 Å². The summed E-state index contributed by atoms with van der Waals surface area (Å²) in [6.07, 6.45) is 2.59. The molecule has 0 bridgehead atoms. The molecule has 0 N–H and O–H groups in total. The van der Waals surface area contributed by atoms with Crippen molar-refractivity contribution in [2.24, 2.45) is 0 Å². The summed E-state index contributed by atoms with van der Waals surface area (Å²) in [7, 11) is 0. The molecular weight excluding hydrogens is 340 g/mol. The molecule has 0 atom stereocenters. The third-order valence-corrected chi connectivity index (χ3v) is 5.47. The van der Waals surface area contributed by atoms with Gasteiger partial charge in [-0.1, -0.05) is 24.3 Å². The van der Waals surface area contributed by atoms with E-state index in [-0.39, 0.29) is 11.8 Å². The molecule has 0 radical (unpaired) electrons.